The number of anilines is 1. The minimum atomic E-state index is -0.0642. The van der Waals surface area contributed by atoms with Crippen LogP contribution in [0, 0.1) is 5.92 Å². The zero-order valence-electron chi connectivity index (χ0n) is 13.7. The molecule has 124 valence electrons. The topological polar surface area (TPSA) is 51.7 Å². The lowest BCUT2D eigenvalue weighted by Gasteiger charge is -2.38. The second-order valence-electron chi connectivity index (χ2n) is 5.78. The molecule has 0 unspecified atom stereocenters. The van der Waals surface area contributed by atoms with Crippen molar-refractivity contribution in [1.82, 2.24) is 4.98 Å². The van der Waals surface area contributed by atoms with E-state index in [1.54, 1.807) is 18.4 Å². The van der Waals surface area contributed by atoms with E-state index in [1.807, 2.05) is 32.0 Å². The summed E-state index contributed by atoms with van der Waals surface area (Å²) < 4.78 is 12.0. The van der Waals surface area contributed by atoms with E-state index >= 15 is 0 Å². The molecular formula is C17H22N2O3S. The van der Waals surface area contributed by atoms with Crippen molar-refractivity contribution >= 4 is 32.7 Å². The third-order valence-corrected chi connectivity index (χ3v) is 5.39. The second kappa shape index (κ2) is 6.74. The van der Waals surface area contributed by atoms with E-state index in [9.17, 15) is 4.79 Å². The first-order valence-corrected chi connectivity index (χ1v) is 8.86. The van der Waals surface area contributed by atoms with Gasteiger partial charge in [-0.1, -0.05) is 31.3 Å². The summed E-state index contributed by atoms with van der Waals surface area (Å²) in [5, 5.41) is 0.958. The van der Waals surface area contributed by atoms with Gasteiger partial charge in [-0.2, -0.15) is 0 Å². The minimum absolute atomic E-state index is 0.0167. The van der Waals surface area contributed by atoms with E-state index in [0.717, 1.165) is 33.9 Å². The number of rotatable bonds is 6. The van der Waals surface area contributed by atoms with Crippen LogP contribution in [-0.4, -0.2) is 37.3 Å². The fraction of sp³-hybridized carbons (Fsp3) is 0.529. The number of para-hydroxylation sites is 1. The van der Waals surface area contributed by atoms with Gasteiger partial charge in [-0.3, -0.25) is 4.79 Å². The fourth-order valence-electron chi connectivity index (χ4n) is 2.76. The quantitative estimate of drug-likeness (QED) is 0.757. The minimum Gasteiger partial charge on any atom is -0.494 e. The van der Waals surface area contributed by atoms with E-state index in [2.05, 4.69) is 9.88 Å². The first kappa shape index (κ1) is 16.1. The predicted molar refractivity (Wildman–Crippen MR) is 92.3 cm³/mol. The normalized spacial score (nSPS) is 15.0. The number of carbonyl (C=O) groups excluding carboxylic acids is 1. The summed E-state index contributed by atoms with van der Waals surface area (Å²) in [6.07, 6.45) is 1.66. The molecule has 0 bridgehead atoms. The third-order valence-electron chi connectivity index (χ3n) is 4.31. The van der Waals surface area contributed by atoms with Crippen molar-refractivity contribution in [2.45, 2.75) is 32.8 Å². The highest BCUT2D eigenvalue weighted by molar-refractivity contribution is 7.22. The molecule has 0 spiro atoms. The SMILES string of the molecule is CCC(CC)C(=O)OC1CN(c2nc3c(OC)cccc3s2)C1. The van der Waals surface area contributed by atoms with E-state index in [4.69, 9.17) is 9.47 Å². The molecule has 1 aromatic carbocycles. The van der Waals surface area contributed by atoms with Crippen LogP contribution in [0.4, 0.5) is 5.13 Å². The summed E-state index contributed by atoms with van der Waals surface area (Å²) in [7, 11) is 1.66. The fourth-order valence-corrected chi connectivity index (χ4v) is 3.76. The summed E-state index contributed by atoms with van der Waals surface area (Å²) in [5.74, 6) is 0.753. The second-order valence-corrected chi connectivity index (χ2v) is 6.79. The Morgan fingerprint density at radius 3 is 2.78 bits per heavy atom. The first-order valence-electron chi connectivity index (χ1n) is 8.05. The lowest BCUT2D eigenvalue weighted by Crippen LogP contribution is -2.53. The molecule has 0 amide bonds. The summed E-state index contributed by atoms with van der Waals surface area (Å²) >= 11 is 1.64. The number of fused-ring (bicyclic) bond motifs is 1. The molecule has 3 rings (SSSR count). The first-order chi connectivity index (χ1) is 11.2. The highest BCUT2D eigenvalue weighted by atomic mass is 32.1. The molecule has 1 aliphatic rings. The maximum atomic E-state index is 12.0. The molecule has 1 saturated heterocycles. The van der Waals surface area contributed by atoms with Crippen LogP contribution in [0.25, 0.3) is 10.2 Å². The maximum Gasteiger partial charge on any atom is 0.309 e. The van der Waals surface area contributed by atoms with E-state index < -0.39 is 0 Å². The number of nitrogens with zero attached hydrogens (tertiary/aromatic N) is 2. The standard InChI is InChI=1S/C17H22N2O3S/c1-4-11(5-2)16(20)22-12-9-19(10-12)17-18-15-13(21-3)7-6-8-14(15)23-17/h6-8,11-12H,4-5,9-10H2,1-3H3. The Bertz CT molecular complexity index is 690. The summed E-state index contributed by atoms with van der Waals surface area (Å²) in [6, 6.07) is 5.94. The van der Waals surface area contributed by atoms with Crippen LogP contribution in [0.5, 0.6) is 5.75 Å². The monoisotopic (exact) mass is 334 g/mol. The Morgan fingerprint density at radius 2 is 2.13 bits per heavy atom. The molecule has 2 aromatic rings. The van der Waals surface area contributed by atoms with Crippen molar-refractivity contribution in [2.75, 3.05) is 25.1 Å². The summed E-state index contributed by atoms with van der Waals surface area (Å²) in [6.45, 7) is 5.48. The van der Waals surface area contributed by atoms with Gasteiger partial charge in [0.05, 0.1) is 30.8 Å². The number of methoxy groups -OCH3 is 1. The van der Waals surface area contributed by atoms with Gasteiger partial charge in [0.15, 0.2) is 5.13 Å². The lowest BCUT2D eigenvalue weighted by atomic mass is 10.0. The Balaban J connectivity index is 1.62. The van der Waals surface area contributed by atoms with Crippen molar-refractivity contribution in [2.24, 2.45) is 5.92 Å². The maximum absolute atomic E-state index is 12.0. The number of thiazole rings is 1. The molecule has 23 heavy (non-hydrogen) atoms. The average molecular weight is 334 g/mol. The van der Waals surface area contributed by atoms with Crippen LogP contribution >= 0.6 is 11.3 Å². The van der Waals surface area contributed by atoms with Gasteiger partial charge >= 0.3 is 5.97 Å². The Morgan fingerprint density at radius 1 is 1.39 bits per heavy atom. The van der Waals surface area contributed by atoms with Crippen molar-refractivity contribution in [3.63, 3.8) is 0 Å². The van der Waals surface area contributed by atoms with E-state index in [1.165, 1.54) is 0 Å². The zero-order valence-corrected chi connectivity index (χ0v) is 14.6. The summed E-state index contributed by atoms with van der Waals surface area (Å²) in [5.41, 5.74) is 0.896. The van der Waals surface area contributed by atoms with Gasteiger partial charge in [-0.25, -0.2) is 4.98 Å². The van der Waals surface area contributed by atoms with Crippen molar-refractivity contribution in [3.8, 4) is 5.75 Å². The molecule has 1 aromatic heterocycles. The van der Waals surface area contributed by atoms with Gasteiger partial charge < -0.3 is 14.4 Å². The highest BCUT2D eigenvalue weighted by Gasteiger charge is 2.33. The van der Waals surface area contributed by atoms with Crippen LogP contribution in [0.2, 0.25) is 0 Å². The molecule has 0 atom stereocenters. The molecule has 6 heteroatoms. The summed E-state index contributed by atoms with van der Waals surface area (Å²) in [4.78, 5) is 18.8. The van der Waals surface area contributed by atoms with E-state index in [-0.39, 0.29) is 18.0 Å². The number of hydrogen-bond donors (Lipinski definition) is 0. The van der Waals surface area contributed by atoms with Crippen LogP contribution in [0.1, 0.15) is 26.7 Å². The van der Waals surface area contributed by atoms with Crippen LogP contribution in [0.3, 0.4) is 0 Å². The lowest BCUT2D eigenvalue weighted by molar-refractivity contribution is -0.155. The van der Waals surface area contributed by atoms with Crippen LogP contribution in [-0.2, 0) is 9.53 Å². The van der Waals surface area contributed by atoms with Gasteiger partial charge in [-0.15, -0.1) is 0 Å². The molecule has 0 N–H and O–H groups in total. The van der Waals surface area contributed by atoms with Crippen molar-refractivity contribution in [3.05, 3.63) is 18.2 Å². The average Bonchev–Trinajstić information content (AvgIpc) is 2.94. The Kier molecular flexibility index (Phi) is 4.71. The van der Waals surface area contributed by atoms with Gasteiger partial charge in [0, 0.05) is 0 Å². The Hall–Kier alpha value is -1.82. The van der Waals surface area contributed by atoms with Crippen LogP contribution < -0.4 is 9.64 Å². The molecule has 5 nitrogen and oxygen atoms in total. The molecule has 1 aliphatic heterocycles. The van der Waals surface area contributed by atoms with Gasteiger partial charge in [0.2, 0.25) is 0 Å². The molecular weight excluding hydrogens is 312 g/mol. The molecule has 1 fully saturated rings. The number of benzene rings is 1. The van der Waals surface area contributed by atoms with Crippen LogP contribution in [0.15, 0.2) is 18.2 Å². The smallest absolute Gasteiger partial charge is 0.309 e. The number of esters is 1. The Labute approximate surface area is 140 Å². The molecule has 2 heterocycles. The van der Waals surface area contributed by atoms with Gasteiger partial charge in [-0.05, 0) is 25.0 Å². The number of carbonyl (C=O) groups is 1. The number of ether oxygens (including phenoxy) is 2. The number of aromatic nitrogens is 1. The van der Waals surface area contributed by atoms with Crippen molar-refractivity contribution in [1.29, 1.82) is 0 Å². The molecule has 0 saturated carbocycles. The third kappa shape index (κ3) is 3.13. The predicted octanol–water partition coefficient (Wildman–Crippen LogP) is 3.47. The molecule has 0 radical (unpaired) electrons. The highest BCUT2D eigenvalue weighted by Crippen LogP contribution is 2.36. The van der Waals surface area contributed by atoms with Crippen molar-refractivity contribution < 1.29 is 14.3 Å². The van der Waals surface area contributed by atoms with Gasteiger partial charge in [0.1, 0.15) is 17.4 Å². The zero-order chi connectivity index (χ0) is 16.4. The molecule has 0 aliphatic carbocycles. The largest absolute Gasteiger partial charge is 0.494 e. The van der Waals surface area contributed by atoms with Gasteiger partial charge in [0.25, 0.3) is 0 Å². The number of hydrogen-bond acceptors (Lipinski definition) is 6. The van der Waals surface area contributed by atoms with E-state index in [0.29, 0.717) is 13.1 Å².